The van der Waals surface area contributed by atoms with Crippen molar-refractivity contribution in [3.05, 3.63) is 96.1 Å². The van der Waals surface area contributed by atoms with E-state index in [9.17, 15) is 9.18 Å². The van der Waals surface area contributed by atoms with Gasteiger partial charge in [0.1, 0.15) is 5.82 Å². The van der Waals surface area contributed by atoms with E-state index >= 15 is 0 Å². The summed E-state index contributed by atoms with van der Waals surface area (Å²) in [4.78, 5) is 14.9. The molecule has 1 unspecified atom stereocenters. The minimum absolute atomic E-state index is 0.00450. The number of carbonyl (C=O) groups excluding carboxylic acids is 1. The van der Waals surface area contributed by atoms with E-state index in [4.69, 9.17) is 4.42 Å². The van der Waals surface area contributed by atoms with Crippen LogP contribution < -0.4 is 0 Å². The van der Waals surface area contributed by atoms with Crippen LogP contribution in [0.1, 0.15) is 30.2 Å². The fourth-order valence-electron chi connectivity index (χ4n) is 4.25. The Morgan fingerprint density at radius 3 is 2.36 bits per heavy atom. The Kier molecular flexibility index (Phi) is 5.98. The molecule has 4 aromatic rings. The van der Waals surface area contributed by atoms with Gasteiger partial charge in [0.15, 0.2) is 0 Å². The van der Waals surface area contributed by atoms with Crippen molar-refractivity contribution >= 4 is 5.91 Å². The normalized spacial score (nSPS) is 16.0. The molecule has 1 atom stereocenters. The van der Waals surface area contributed by atoms with Gasteiger partial charge in [-0.3, -0.25) is 4.79 Å². The van der Waals surface area contributed by atoms with Gasteiger partial charge >= 0.3 is 0 Å². The molecule has 0 N–H and O–H groups in total. The lowest BCUT2D eigenvalue weighted by molar-refractivity contribution is -0.131. The summed E-state index contributed by atoms with van der Waals surface area (Å²) in [7, 11) is 0. The number of piperidine rings is 1. The van der Waals surface area contributed by atoms with Gasteiger partial charge in [-0.1, -0.05) is 54.6 Å². The second-order valence-electron chi connectivity index (χ2n) is 8.37. The van der Waals surface area contributed by atoms with E-state index in [-0.39, 0.29) is 17.6 Å². The third-order valence-electron chi connectivity index (χ3n) is 6.07. The van der Waals surface area contributed by atoms with Gasteiger partial charge in [-0.2, -0.15) is 0 Å². The number of rotatable bonds is 5. The molecule has 0 saturated carbocycles. The largest absolute Gasteiger partial charge is 0.420 e. The lowest BCUT2D eigenvalue weighted by atomic mass is 9.97. The van der Waals surface area contributed by atoms with Gasteiger partial charge in [0, 0.05) is 18.7 Å². The molecule has 2 heterocycles. The number of hydrogen-bond acceptors (Lipinski definition) is 4. The van der Waals surface area contributed by atoms with Crippen LogP contribution in [0.2, 0.25) is 0 Å². The van der Waals surface area contributed by atoms with Crippen LogP contribution in [0.15, 0.2) is 83.3 Å². The van der Waals surface area contributed by atoms with E-state index in [2.05, 4.69) is 34.5 Å². The summed E-state index contributed by atoms with van der Waals surface area (Å²) < 4.78 is 19.0. The number of aromatic nitrogens is 2. The maximum atomic E-state index is 13.2. The average Bonchev–Trinajstić information content (AvgIpc) is 3.36. The topological polar surface area (TPSA) is 59.2 Å². The fraction of sp³-hybridized carbons (Fsp3) is 0.222. The van der Waals surface area contributed by atoms with Crippen molar-refractivity contribution in [3.63, 3.8) is 0 Å². The highest BCUT2D eigenvalue weighted by atomic mass is 19.1. The first-order chi connectivity index (χ1) is 16.2. The first-order valence-corrected chi connectivity index (χ1v) is 11.2. The Bertz CT molecular complexity index is 1220. The molecule has 1 aliphatic heterocycles. The van der Waals surface area contributed by atoms with Gasteiger partial charge < -0.3 is 9.32 Å². The minimum atomic E-state index is -0.311. The van der Waals surface area contributed by atoms with Crippen LogP contribution in [0.25, 0.3) is 22.6 Å². The zero-order valence-corrected chi connectivity index (χ0v) is 18.2. The van der Waals surface area contributed by atoms with E-state index in [0.717, 1.165) is 36.1 Å². The summed E-state index contributed by atoms with van der Waals surface area (Å²) in [6, 6.07) is 24.3. The minimum Gasteiger partial charge on any atom is -0.420 e. The quantitative estimate of drug-likeness (QED) is 0.411. The van der Waals surface area contributed by atoms with E-state index in [1.165, 1.54) is 12.1 Å². The van der Waals surface area contributed by atoms with Crippen LogP contribution in [0.5, 0.6) is 0 Å². The van der Waals surface area contributed by atoms with Gasteiger partial charge in [-0.15, -0.1) is 10.2 Å². The van der Waals surface area contributed by atoms with Crippen molar-refractivity contribution in [1.82, 2.24) is 15.1 Å². The van der Waals surface area contributed by atoms with Crippen LogP contribution in [-0.2, 0) is 11.2 Å². The molecule has 33 heavy (non-hydrogen) atoms. The molecule has 1 fully saturated rings. The van der Waals surface area contributed by atoms with E-state index in [1.54, 1.807) is 12.1 Å². The molecule has 0 bridgehead atoms. The van der Waals surface area contributed by atoms with Gasteiger partial charge in [0.05, 0.1) is 12.3 Å². The number of amides is 1. The summed E-state index contributed by atoms with van der Waals surface area (Å²) >= 11 is 0. The Morgan fingerprint density at radius 2 is 1.61 bits per heavy atom. The van der Waals surface area contributed by atoms with Crippen molar-refractivity contribution in [1.29, 1.82) is 0 Å². The summed E-state index contributed by atoms with van der Waals surface area (Å²) in [5.74, 6) is 0.691. The lowest BCUT2D eigenvalue weighted by Gasteiger charge is -2.31. The number of benzene rings is 3. The number of halogens is 1. The van der Waals surface area contributed by atoms with Gasteiger partial charge in [0.25, 0.3) is 0 Å². The summed E-state index contributed by atoms with van der Waals surface area (Å²) in [6.07, 6.45) is 2.14. The van der Waals surface area contributed by atoms with Gasteiger partial charge in [0.2, 0.25) is 17.7 Å². The van der Waals surface area contributed by atoms with E-state index in [0.29, 0.717) is 30.3 Å². The van der Waals surface area contributed by atoms with Crippen molar-refractivity contribution in [2.45, 2.75) is 25.2 Å². The summed E-state index contributed by atoms with van der Waals surface area (Å²) in [5, 5.41) is 8.33. The Morgan fingerprint density at radius 1 is 0.909 bits per heavy atom. The van der Waals surface area contributed by atoms with Crippen molar-refractivity contribution in [3.8, 4) is 22.6 Å². The molecular weight excluding hydrogens is 417 g/mol. The Hall–Kier alpha value is -3.80. The Labute approximate surface area is 191 Å². The van der Waals surface area contributed by atoms with Crippen LogP contribution in [-0.4, -0.2) is 34.1 Å². The first kappa shape index (κ1) is 21.1. The molecule has 1 aliphatic rings. The highest BCUT2D eigenvalue weighted by molar-refractivity contribution is 5.79. The summed E-state index contributed by atoms with van der Waals surface area (Å²) in [5.41, 5.74) is 3.98. The standard InChI is InChI=1S/C27H24FN3O2/c28-24-14-12-22(13-15-24)26-29-30-27(33-26)23-7-4-16-31(18-23)25(32)17-19-8-10-21(11-9-19)20-5-2-1-3-6-20/h1-3,5-6,8-15,23H,4,7,16-18H2. The maximum Gasteiger partial charge on any atom is 0.247 e. The van der Waals surface area contributed by atoms with E-state index in [1.807, 2.05) is 35.2 Å². The molecule has 5 nitrogen and oxygen atoms in total. The number of likely N-dealkylation sites (tertiary alicyclic amines) is 1. The highest BCUT2D eigenvalue weighted by Gasteiger charge is 2.28. The molecule has 0 aliphatic carbocycles. The fourth-order valence-corrected chi connectivity index (χ4v) is 4.25. The molecule has 1 saturated heterocycles. The molecule has 6 heteroatoms. The Balaban J connectivity index is 1.23. The van der Waals surface area contributed by atoms with E-state index < -0.39 is 0 Å². The van der Waals surface area contributed by atoms with Crippen LogP contribution in [0.3, 0.4) is 0 Å². The molecule has 1 aromatic heterocycles. The van der Waals surface area contributed by atoms with Gasteiger partial charge in [-0.05, 0) is 53.8 Å². The molecular formula is C27H24FN3O2. The molecule has 3 aromatic carbocycles. The second kappa shape index (κ2) is 9.36. The molecule has 1 amide bonds. The molecule has 0 spiro atoms. The number of hydrogen-bond donors (Lipinski definition) is 0. The van der Waals surface area contributed by atoms with Crippen molar-refractivity contribution in [2.24, 2.45) is 0 Å². The molecule has 0 radical (unpaired) electrons. The number of nitrogens with zero attached hydrogens (tertiary/aromatic N) is 3. The number of carbonyl (C=O) groups is 1. The summed E-state index contributed by atoms with van der Waals surface area (Å²) in [6.45, 7) is 1.29. The van der Waals surface area contributed by atoms with Crippen molar-refractivity contribution in [2.75, 3.05) is 13.1 Å². The smallest absolute Gasteiger partial charge is 0.247 e. The third kappa shape index (κ3) is 4.85. The average molecular weight is 442 g/mol. The van der Waals surface area contributed by atoms with Crippen LogP contribution >= 0.6 is 0 Å². The molecule has 5 rings (SSSR count). The maximum absolute atomic E-state index is 13.2. The highest BCUT2D eigenvalue weighted by Crippen LogP contribution is 2.29. The first-order valence-electron chi connectivity index (χ1n) is 11.2. The zero-order valence-electron chi connectivity index (χ0n) is 18.2. The van der Waals surface area contributed by atoms with Crippen LogP contribution in [0, 0.1) is 5.82 Å². The predicted octanol–water partition coefficient (Wildman–Crippen LogP) is 5.49. The zero-order chi connectivity index (χ0) is 22.6. The third-order valence-corrected chi connectivity index (χ3v) is 6.07. The van der Waals surface area contributed by atoms with Gasteiger partial charge in [-0.25, -0.2) is 4.39 Å². The van der Waals surface area contributed by atoms with Crippen molar-refractivity contribution < 1.29 is 13.6 Å². The lowest BCUT2D eigenvalue weighted by Crippen LogP contribution is -2.40. The predicted molar refractivity (Wildman–Crippen MR) is 124 cm³/mol. The SMILES string of the molecule is O=C(Cc1ccc(-c2ccccc2)cc1)N1CCCC(c2nnc(-c3ccc(F)cc3)o2)C1. The monoisotopic (exact) mass is 441 g/mol. The second-order valence-corrected chi connectivity index (χ2v) is 8.37. The molecule has 166 valence electrons. The van der Waals surface area contributed by atoms with Crippen LogP contribution in [0.4, 0.5) is 4.39 Å².